The van der Waals surface area contributed by atoms with Crippen LogP contribution < -0.4 is 0 Å². The van der Waals surface area contributed by atoms with E-state index >= 15 is 0 Å². The highest BCUT2D eigenvalue weighted by atomic mass is 35.5. The highest BCUT2D eigenvalue weighted by molar-refractivity contribution is 7.08. The molecule has 0 saturated heterocycles. The van der Waals surface area contributed by atoms with Crippen LogP contribution in [0.15, 0.2) is 35.0 Å². The van der Waals surface area contributed by atoms with E-state index in [9.17, 15) is 5.11 Å². The molecule has 0 aliphatic carbocycles. The van der Waals surface area contributed by atoms with Gasteiger partial charge in [-0.05, 0) is 34.5 Å². The van der Waals surface area contributed by atoms with Crippen molar-refractivity contribution in [1.82, 2.24) is 0 Å². The summed E-state index contributed by atoms with van der Waals surface area (Å²) < 4.78 is 0. The first-order valence-corrected chi connectivity index (χ1v) is 6.03. The molecule has 0 saturated carbocycles. The molecule has 0 aliphatic rings. The Hall–Kier alpha value is -0.540. The molecule has 1 atom stereocenters. The molecule has 1 N–H and O–H groups in total. The summed E-state index contributed by atoms with van der Waals surface area (Å²) in [4.78, 5) is 0. The molecule has 1 unspecified atom stereocenters. The maximum atomic E-state index is 10.0. The number of aliphatic hydroxyl groups excluding tert-OH is 1. The van der Waals surface area contributed by atoms with Gasteiger partial charge < -0.3 is 5.11 Å². The Morgan fingerprint density at radius 1 is 1.20 bits per heavy atom. The lowest BCUT2D eigenvalue weighted by Crippen LogP contribution is -1.98. The predicted octanol–water partition coefficient (Wildman–Crippen LogP) is 4.14. The van der Waals surface area contributed by atoms with Gasteiger partial charge in [0.15, 0.2) is 0 Å². The zero-order valence-electron chi connectivity index (χ0n) is 7.65. The fourth-order valence-corrected chi connectivity index (χ4v) is 2.52. The Morgan fingerprint density at radius 2 is 2.00 bits per heavy atom. The number of rotatable bonds is 2. The number of aliphatic hydroxyl groups is 1. The Balaban J connectivity index is 2.38. The molecule has 4 heteroatoms. The zero-order valence-corrected chi connectivity index (χ0v) is 9.98. The molecule has 1 aromatic heterocycles. The van der Waals surface area contributed by atoms with Crippen LogP contribution in [-0.4, -0.2) is 5.11 Å². The highest BCUT2D eigenvalue weighted by Gasteiger charge is 2.14. The second kappa shape index (κ2) is 4.54. The van der Waals surface area contributed by atoms with Gasteiger partial charge in [0.05, 0.1) is 0 Å². The maximum Gasteiger partial charge on any atom is 0.106 e. The predicted molar refractivity (Wildman–Crippen MR) is 64.8 cm³/mol. The SMILES string of the molecule is OC(c1ccsc1)c1ccc(Cl)cc1Cl. The molecule has 0 amide bonds. The van der Waals surface area contributed by atoms with Gasteiger partial charge in [-0.1, -0.05) is 29.3 Å². The average Bonchev–Trinajstić information content (AvgIpc) is 2.69. The van der Waals surface area contributed by atoms with Gasteiger partial charge in [0.1, 0.15) is 6.10 Å². The Labute approximate surface area is 102 Å². The molecule has 0 bridgehead atoms. The largest absolute Gasteiger partial charge is 0.384 e. The van der Waals surface area contributed by atoms with Crippen molar-refractivity contribution >= 4 is 34.5 Å². The van der Waals surface area contributed by atoms with E-state index in [0.717, 1.165) is 5.56 Å². The number of hydrogen-bond donors (Lipinski definition) is 1. The Kier molecular flexibility index (Phi) is 3.32. The van der Waals surface area contributed by atoms with E-state index in [4.69, 9.17) is 23.2 Å². The van der Waals surface area contributed by atoms with E-state index < -0.39 is 6.10 Å². The fourth-order valence-electron chi connectivity index (χ4n) is 1.33. The molecule has 15 heavy (non-hydrogen) atoms. The van der Waals surface area contributed by atoms with Gasteiger partial charge >= 0.3 is 0 Å². The van der Waals surface area contributed by atoms with Gasteiger partial charge in [0.25, 0.3) is 0 Å². The molecule has 0 radical (unpaired) electrons. The van der Waals surface area contributed by atoms with Crippen LogP contribution in [0, 0.1) is 0 Å². The summed E-state index contributed by atoms with van der Waals surface area (Å²) in [6, 6.07) is 6.97. The molecule has 2 rings (SSSR count). The Morgan fingerprint density at radius 3 is 2.60 bits per heavy atom. The lowest BCUT2D eigenvalue weighted by molar-refractivity contribution is 0.221. The zero-order chi connectivity index (χ0) is 10.8. The van der Waals surface area contributed by atoms with Crippen LogP contribution in [-0.2, 0) is 0 Å². The summed E-state index contributed by atoms with van der Waals surface area (Å²) >= 11 is 13.3. The minimum Gasteiger partial charge on any atom is -0.384 e. The summed E-state index contributed by atoms with van der Waals surface area (Å²) in [7, 11) is 0. The van der Waals surface area contributed by atoms with Crippen LogP contribution in [0.2, 0.25) is 10.0 Å². The summed E-state index contributed by atoms with van der Waals surface area (Å²) in [6.07, 6.45) is -0.680. The first kappa shape index (κ1) is 11.0. The molecule has 78 valence electrons. The van der Waals surface area contributed by atoms with Crippen molar-refractivity contribution in [2.24, 2.45) is 0 Å². The molecule has 0 fully saturated rings. The minimum absolute atomic E-state index is 0.487. The third-order valence-corrected chi connectivity index (χ3v) is 3.38. The summed E-state index contributed by atoms with van der Waals surface area (Å²) in [5.74, 6) is 0. The molecule has 0 spiro atoms. The minimum atomic E-state index is -0.680. The lowest BCUT2D eigenvalue weighted by atomic mass is 10.0. The van der Waals surface area contributed by atoms with Gasteiger partial charge in [-0.25, -0.2) is 0 Å². The van der Waals surface area contributed by atoms with E-state index in [1.165, 1.54) is 0 Å². The Bertz CT molecular complexity index is 454. The van der Waals surface area contributed by atoms with Gasteiger partial charge in [0.2, 0.25) is 0 Å². The lowest BCUT2D eigenvalue weighted by Gasteiger charge is -2.11. The molecule has 1 aromatic carbocycles. The topological polar surface area (TPSA) is 20.2 Å². The number of thiophene rings is 1. The second-order valence-electron chi connectivity index (χ2n) is 3.13. The van der Waals surface area contributed by atoms with E-state index in [-0.39, 0.29) is 0 Å². The van der Waals surface area contributed by atoms with Crippen molar-refractivity contribution in [3.05, 3.63) is 56.2 Å². The molecular formula is C11H8Cl2OS. The highest BCUT2D eigenvalue weighted by Crippen LogP contribution is 2.31. The van der Waals surface area contributed by atoms with Crippen LogP contribution in [0.3, 0.4) is 0 Å². The average molecular weight is 259 g/mol. The van der Waals surface area contributed by atoms with Crippen molar-refractivity contribution in [3.8, 4) is 0 Å². The van der Waals surface area contributed by atoms with Crippen molar-refractivity contribution in [3.63, 3.8) is 0 Å². The van der Waals surface area contributed by atoms with Crippen LogP contribution in [0.25, 0.3) is 0 Å². The fraction of sp³-hybridized carbons (Fsp3) is 0.0909. The van der Waals surface area contributed by atoms with Gasteiger partial charge in [-0.15, -0.1) is 0 Å². The van der Waals surface area contributed by atoms with Crippen LogP contribution >= 0.6 is 34.5 Å². The quantitative estimate of drug-likeness (QED) is 0.859. The first-order valence-electron chi connectivity index (χ1n) is 4.33. The summed E-state index contributed by atoms with van der Waals surface area (Å²) in [5.41, 5.74) is 1.53. The number of halogens is 2. The monoisotopic (exact) mass is 258 g/mol. The van der Waals surface area contributed by atoms with Gasteiger partial charge in [-0.3, -0.25) is 0 Å². The van der Waals surface area contributed by atoms with E-state index in [1.54, 1.807) is 29.5 Å². The van der Waals surface area contributed by atoms with Gasteiger partial charge in [0, 0.05) is 15.6 Å². The van der Waals surface area contributed by atoms with Crippen LogP contribution in [0.4, 0.5) is 0 Å². The summed E-state index contributed by atoms with van der Waals surface area (Å²) in [6.45, 7) is 0. The van der Waals surface area contributed by atoms with Crippen LogP contribution in [0.5, 0.6) is 0 Å². The van der Waals surface area contributed by atoms with Crippen LogP contribution in [0.1, 0.15) is 17.2 Å². The normalized spacial score (nSPS) is 12.7. The smallest absolute Gasteiger partial charge is 0.106 e. The first-order chi connectivity index (χ1) is 7.18. The summed E-state index contributed by atoms with van der Waals surface area (Å²) in [5, 5.41) is 14.9. The molecule has 1 nitrogen and oxygen atoms in total. The standard InChI is InChI=1S/C11H8Cl2OS/c12-8-1-2-9(10(13)5-8)11(14)7-3-4-15-6-7/h1-6,11,14H. The van der Waals surface area contributed by atoms with E-state index in [2.05, 4.69) is 0 Å². The van der Waals surface area contributed by atoms with Crippen molar-refractivity contribution < 1.29 is 5.11 Å². The van der Waals surface area contributed by atoms with Crippen molar-refractivity contribution in [2.75, 3.05) is 0 Å². The number of benzene rings is 1. The van der Waals surface area contributed by atoms with Crippen molar-refractivity contribution in [2.45, 2.75) is 6.10 Å². The second-order valence-corrected chi connectivity index (χ2v) is 4.75. The van der Waals surface area contributed by atoms with E-state index in [1.807, 2.05) is 16.8 Å². The van der Waals surface area contributed by atoms with Crippen molar-refractivity contribution in [1.29, 1.82) is 0 Å². The molecule has 2 aromatic rings. The molecular weight excluding hydrogens is 251 g/mol. The number of hydrogen-bond acceptors (Lipinski definition) is 2. The molecule has 1 heterocycles. The third-order valence-electron chi connectivity index (χ3n) is 2.12. The maximum absolute atomic E-state index is 10.0. The van der Waals surface area contributed by atoms with Gasteiger partial charge in [-0.2, -0.15) is 11.3 Å². The van der Waals surface area contributed by atoms with E-state index in [0.29, 0.717) is 15.6 Å². The molecule has 0 aliphatic heterocycles. The third kappa shape index (κ3) is 2.34.